The van der Waals surface area contributed by atoms with Crippen LogP contribution in [0.5, 0.6) is 11.5 Å². The highest BCUT2D eigenvalue weighted by molar-refractivity contribution is 7.87. The monoisotopic (exact) mass is 492 g/mol. The fourth-order valence-electron chi connectivity index (χ4n) is 3.28. The number of benzene rings is 3. The van der Waals surface area contributed by atoms with Crippen molar-refractivity contribution in [2.45, 2.75) is 4.75 Å². The number of phenols is 2. The van der Waals surface area contributed by atoms with Crippen molar-refractivity contribution in [3.63, 3.8) is 0 Å². The molecule has 0 aliphatic heterocycles. The molecule has 3 aromatic carbocycles. The van der Waals surface area contributed by atoms with E-state index in [0.29, 0.717) is 0 Å². The predicted octanol–water partition coefficient (Wildman–Crippen LogP) is 5.89. The summed E-state index contributed by atoms with van der Waals surface area (Å²) in [5, 5.41) is 21.0. The highest BCUT2D eigenvalue weighted by atomic mass is 35.5. The third-order valence-corrected chi connectivity index (χ3v) is 6.85. The van der Waals surface area contributed by atoms with E-state index in [4.69, 9.17) is 46.4 Å². The van der Waals surface area contributed by atoms with Gasteiger partial charge in [-0.05, 0) is 30.3 Å². The van der Waals surface area contributed by atoms with Crippen LogP contribution in [0.25, 0.3) is 0 Å². The lowest BCUT2D eigenvalue weighted by Crippen LogP contribution is -2.39. The molecular formula is C19H12Cl4O5S. The molecule has 0 fully saturated rings. The van der Waals surface area contributed by atoms with E-state index < -0.39 is 31.9 Å². The molecule has 0 aliphatic rings. The van der Waals surface area contributed by atoms with Crippen LogP contribution in [0.4, 0.5) is 0 Å². The van der Waals surface area contributed by atoms with Crippen LogP contribution in [0.15, 0.2) is 54.6 Å². The average molecular weight is 494 g/mol. The molecule has 3 N–H and O–H groups in total. The van der Waals surface area contributed by atoms with Crippen LogP contribution >= 0.6 is 46.4 Å². The van der Waals surface area contributed by atoms with E-state index in [0.717, 1.165) is 6.07 Å². The van der Waals surface area contributed by atoms with Crippen LogP contribution < -0.4 is 0 Å². The van der Waals surface area contributed by atoms with E-state index in [-0.39, 0.29) is 31.2 Å². The predicted molar refractivity (Wildman–Crippen MR) is 114 cm³/mol. The molecule has 5 nitrogen and oxygen atoms in total. The molecule has 0 saturated carbocycles. The van der Waals surface area contributed by atoms with Crippen molar-refractivity contribution >= 4 is 56.5 Å². The molecule has 0 bridgehead atoms. The first-order chi connectivity index (χ1) is 13.5. The van der Waals surface area contributed by atoms with Crippen LogP contribution in [0.1, 0.15) is 16.7 Å². The van der Waals surface area contributed by atoms with Gasteiger partial charge in [0.05, 0.1) is 5.02 Å². The van der Waals surface area contributed by atoms with Gasteiger partial charge < -0.3 is 10.2 Å². The number of aromatic hydroxyl groups is 2. The molecule has 0 spiro atoms. The zero-order valence-corrected chi connectivity index (χ0v) is 18.1. The fourth-order valence-corrected chi connectivity index (χ4v) is 5.94. The van der Waals surface area contributed by atoms with Gasteiger partial charge in [-0.3, -0.25) is 4.55 Å². The first-order valence-corrected chi connectivity index (χ1v) is 10.8. The molecule has 0 aromatic heterocycles. The molecule has 0 amide bonds. The number of halogens is 4. The Kier molecular flexibility index (Phi) is 5.98. The Bertz CT molecular complexity index is 1190. The minimum atomic E-state index is -5.18. The lowest BCUT2D eigenvalue weighted by Gasteiger charge is -2.34. The van der Waals surface area contributed by atoms with Crippen LogP contribution in [0, 0.1) is 0 Å². The van der Waals surface area contributed by atoms with Crippen LogP contribution in [-0.4, -0.2) is 23.2 Å². The Hall–Kier alpha value is -1.67. The zero-order valence-electron chi connectivity index (χ0n) is 14.3. The van der Waals surface area contributed by atoms with E-state index in [2.05, 4.69) is 0 Å². The largest absolute Gasteiger partial charge is 0.508 e. The summed E-state index contributed by atoms with van der Waals surface area (Å²) in [5.74, 6) is -1.11. The molecule has 3 rings (SSSR count). The summed E-state index contributed by atoms with van der Waals surface area (Å²) in [6.07, 6.45) is 0. The zero-order chi connectivity index (χ0) is 21.6. The maximum Gasteiger partial charge on any atom is 0.283 e. The normalized spacial score (nSPS) is 13.8. The van der Waals surface area contributed by atoms with Gasteiger partial charge in [-0.15, -0.1) is 0 Å². The molecule has 0 aliphatic carbocycles. The van der Waals surface area contributed by atoms with Gasteiger partial charge in [-0.1, -0.05) is 70.7 Å². The number of hydrogen-bond donors (Lipinski definition) is 3. The summed E-state index contributed by atoms with van der Waals surface area (Å²) >= 11 is 24.5. The van der Waals surface area contributed by atoms with E-state index in [1.54, 1.807) is 0 Å². The van der Waals surface area contributed by atoms with Crippen molar-refractivity contribution in [1.29, 1.82) is 0 Å². The smallest absolute Gasteiger partial charge is 0.283 e. The summed E-state index contributed by atoms with van der Waals surface area (Å²) in [6.45, 7) is 0. The number of para-hydroxylation sites is 1. The second kappa shape index (κ2) is 7.87. The quantitative estimate of drug-likeness (QED) is 0.311. The Morgan fingerprint density at radius 3 is 1.90 bits per heavy atom. The first kappa shape index (κ1) is 22.0. The number of phenolic OH excluding ortho intramolecular Hbond substituents is 2. The van der Waals surface area contributed by atoms with Gasteiger partial charge in [0.1, 0.15) is 11.5 Å². The topological polar surface area (TPSA) is 94.8 Å². The summed E-state index contributed by atoms with van der Waals surface area (Å²) in [4.78, 5) is 0. The molecule has 1 atom stereocenters. The van der Waals surface area contributed by atoms with Gasteiger partial charge in [0.15, 0.2) is 4.75 Å². The first-order valence-electron chi connectivity index (χ1n) is 7.89. The molecule has 10 heteroatoms. The van der Waals surface area contributed by atoms with Crippen molar-refractivity contribution in [2.24, 2.45) is 0 Å². The van der Waals surface area contributed by atoms with Crippen molar-refractivity contribution in [3.05, 3.63) is 91.4 Å². The fraction of sp³-hybridized carbons (Fsp3) is 0.0526. The lowest BCUT2D eigenvalue weighted by atomic mass is 9.82. The Morgan fingerprint density at radius 1 is 0.724 bits per heavy atom. The van der Waals surface area contributed by atoms with Crippen molar-refractivity contribution in [1.82, 2.24) is 0 Å². The average Bonchev–Trinajstić information content (AvgIpc) is 2.58. The van der Waals surface area contributed by atoms with Gasteiger partial charge in [-0.2, -0.15) is 8.42 Å². The SMILES string of the molecule is O=S(=O)(O)C(c1ccccc1O)(c1ccc(Cl)cc1Cl)c1c(O)cc(Cl)cc1Cl. The third kappa shape index (κ3) is 3.65. The Balaban J connectivity index is 2.66. The Morgan fingerprint density at radius 2 is 1.34 bits per heavy atom. The minimum absolute atomic E-state index is 0.0278. The molecule has 29 heavy (non-hydrogen) atoms. The summed E-state index contributed by atoms with van der Waals surface area (Å²) in [7, 11) is -5.18. The van der Waals surface area contributed by atoms with Crippen LogP contribution in [0.3, 0.4) is 0 Å². The van der Waals surface area contributed by atoms with Crippen molar-refractivity contribution < 1.29 is 23.2 Å². The van der Waals surface area contributed by atoms with E-state index in [1.807, 2.05) is 0 Å². The lowest BCUT2D eigenvalue weighted by molar-refractivity contribution is 0.428. The standard InChI is InChI=1S/C19H12Cl4O5S/c20-10-5-6-12(14(22)7-10)19(29(26,27)28,13-3-1-2-4-16(13)24)18-15(23)8-11(21)9-17(18)25/h1-9,24-25H,(H,26,27,28). The summed E-state index contributed by atoms with van der Waals surface area (Å²) < 4.78 is 33.9. The minimum Gasteiger partial charge on any atom is -0.508 e. The molecule has 0 heterocycles. The maximum atomic E-state index is 13.0. The summed E-state index contributed by atoms with van der Waals surface area (Å²) in [6, 6.07) is 11.5. The van der Waals surface area contributed by atoms with E-state index in [1.165, 1.54) is 48.5 Å². The van der Waals surface area contributed by atoms with Gasteiger partial charge in [0.2, 0.25) is 0 Å². The van der Waals surface area contributed by atoms with E-state index >= 15 is 0 Å². The Labute approximate surface area is 186 Å². The number of hydrogen-bond acceptors (Lipinski definition) is 4. The second-order valence-electron chi connectivity index (χ2n) is 6.08. The molecule has 1 unspecified atom stereocenters. The molecule has 0 radical (unpaired) electrons. The molecule has 0 saturated heterocycles. The highest BCUT2D eigenvalue weighted by Crippen LogP contribution is 2.54. The molecule has 3 aromatic rings. The highest BCUT2D eigenvalue weighted by Gasteiger charge is 2.53. The summed E-state index contributed by atoms with van der Waals surface area (Å²) in [5.41, 5.74) is -0.907. The third-order valence-electron chi connectivity index (χ3n) is 4.37. The van der Waals surface area contributed by atoms with Gasteiger partial charge in [0.25, 0.3) is 10.1 Å². The van der Waals surface area contributed by atoms with Gasteiger partial charge in [-0.25, -0.2) is 0 Å². The molecular weight excluding hydrogens is 482 g/mol. The van der Waals surface area contributed by atoms with E-state index in [9.17, 15) is 23.2 Å². The van der Waals surface area contributed by atoms with Gasteiger partial charge in [0, 0.05) is 31.8 Å². The second-order valence-corrected chi connectivity index (χ2v) is 9.33. The molecule has 152 valence electrons. The van der Waals surface area contributed by atoms with Crippen molar-refractivity contribution in [3.8, 4) is 11.5 Å². The number of rotatable bonds is 4. The van der Waals surface area contributed by atoms with Crippen LogP contribution in [0.2, 0.25) is 20.1 Å². The van der Waals surface area contributed by atoms with Gasteiger partial charge >= 0.3 is 0 Å². The maximum absolute atomic E-state index is 13.0. The van der Waals surface area contributed by atoms with Crippen molar-refractivity contribution in [2.75, 3.05) is 0 Å². The van der Waals surface area contributed by atoms with Crippen LogP contribution in [-0.2, 0) is 14.9 Å².